The summed E-state index contributed by atoms with van der Waals surface area (Å²) < 4.78 is 0. The minimum atomic E-state index is -0.163. The highest BCUT2D eigenvalue weighted by Gasteiger charge is 2.26. The van der Waals surface area contributed by atoms with Gasteiger partial charge in [-0.05, 0) is 12.5 Å². The van der Waals surface area contributed by atoms with Crippen LogP contribution in [0.15, 0.2) is 18.5 Å². The molecule has 1 aromatic heterocycles. The molecule has 2 unspecified atom stereocenters. The van der Waals surface area contributed by atoms with Crippen molar-refractivity contribution in [1.82, 2.24) is 20.2 Å². The van der Waals surface area contributed by atoms with E-state index in [-0.39, 0.29) is 6.10 Å². The van der Waals surface area contributed by atoms with Gasteiger partial charge in [-0.1, -0.05) is 0 Å². The van der Waals surface area contributed by atoms with E-state index >= 15 is 0 Å². The summed E-state index contributed by atoms with van der Waals surface area (Å²) in [4.78, 5) is 13.3. The van der Waals surface area contributed by atoms with E-state index in [1.165, 1.54) is 0 Å². The predicted molar refractivity (Wildman–Crippen MR) is 73.1 cm³/mol. The quantitative estimate of drug-likeness (QED) is 0.753. The Kier molecular flexibility index (Phi) is 3.91. The van der Waals surface area contributed by atoms with Crippen molar-refractivity contribution in [3.63, 3.8) is 0 Å². The molecule has 2 fully saturated rings. The highest BCUT2D eigenvalue weighted by atomic mass is 16.3. The lowest BCUT2D eigenvalue weighted by molar-refractivity contribution is 0.185. The van der Waals surface area contributed by atoms with Gasteiger partial charge in [-0.3, -0.25) is 4.90 Å². The van der Waals surface area contributed by atoms with Crippen LogP contribution in [-0.2, 0) is 0 Å². The number of nitrogens with one attached hydrogen (secondary N) is 1. The second-order valence-corrected chi connectivity index (χ2v) is 5.33. The van der Waals surface area contributed by atoms with Gasteiger partial charge in [0.1, 0.15) is 0 Å². The number of nitrogens with zero attached hydrogens (tertiary/aromatic N) is 4. The number of aliphatic hydroxyl groups is 1. The fourth-order valence-electron chi connectivity index (χ4n) is 2.83. The number of rotatable bonds is 3. The second kappa shape index (κ2) is 5.81. The maximum absolute atomic E-state index is 9.51. The number of aliphatic hydroxyl groups excluding tert-OH is 1. The van der Waals surface area contributed by atoms with Crippen LogP contribution in [0.5, 0.6) is 0 Å². The first-order valence-electron chi connectivity index (χ1n) is 6.97. The summed E-state index contributed by atoms with van der Waals surface area (Å²) in [5.41, 5.74) is 0. The number of aromatic nitrogens is 2. The van der Waals surface area contributed by atoms with Crippen LogP contribution in [0.25, 0.3) is 0 Å². The van der Waals surface area contributed by atoms with Gasteiger partial charge in [0, 0.05) is 57.7 Å². The Balaban J connectivity index is 1.47. The number of β-amino-alcohol motifs (C(OH)–C–C–N with tert-alkyl or cyclic N) is 1. The maximum Gasteiger partial charge on any atom is 0.225 e. The van der Waals surface area contributed by atoms with E-state index in [4.69, 9.17) is 0 Å². The van der Waals surface area contributed by atoms with Crippen molar-refractivity contribution in [2.75, 3.05) is 44.2 Å². The van der Waals surface area contributed by atoms with E-state index in [2.05, 4.69) is 25.1 Å². The molecule has 2 aliphatic heterocycles. The van der Waals surface area contributed by atoms with Crippen molar-refractivity contribution in [2.45, 2.75) is 18.6 Å². The van der Waals surface area contributed by atoms with Crippen LogP contribution < -0.4 is 10.2 Å². The van der Waals surface area contributed by atoms with Gasteiger partial charge >= 0.3 is 0 Å². The van der Waals surface area contributed by atoms with Crippen LogP contribution in [0, 0.1) is 0 Å². The lowest BCUT2D eigenvalue weighted by atomic mass is 10.2. The summed E-state index contributed by atoms with van der Waals surface area (Å²) in [6.07, 6.45) is 4.29. The number of hydrogen-bond donors (Lipinski definition) is 2. The zero-order chi connectivity index (χ0) is 13.1. The molecule has 0 aliphatic carbocycles. The summed E-state index contributed by atoms with van der Waals surface area (Å²) in [5, 5.41) is 12.9. The first-order valence-corrected chi connectivity index (χ1v) is 6.97. The molecule has 19 heavy (non-hydrogen) atoms. The van der Waals surface area contributed by atoms with E-state index in [9.17, 15) is 5.11 Å². The minimum absolute atomic E-state index is 0.163. The van der Waals surface area contributed by atoms with E-state index in [0.717, 1.165) is 51.6 Å². The highest BCUT2D eigenvalue weighted by molar-refractivity contribution is 5.29. The third-order valence-electron chi connectivity index (χ3n) is 3.88. The van der Waals surface area contributed by atoms with Crippen molar-refractivity contribution in [1.29, 1.82) is 0 Å². The second-order valence-electron chi connectivity index (χ2n) is 5.33. The monoisotopic (exact) mass is 263 g/mol. The standard InChI is InChI=1S/C13H21N5O/c19-12-8-11(16-9-12)10-17-4-6-18(7-5-17)13-14-2-1-3-15-13/h1-3,11-12,16,19H,4-10H2. The molecule has 2 saturated heterocycles. The van der Waals surface area contributed by atoms with Gasteiger partial charge in [-0.2, -0.15) is 0 Å². The van der Waals surface area contributed by atoms with Crippen LogP contribution in [-0.4, -0.2) is 71.4 Å². The molecule has 3 rings (SSSR count). The van der Waals surface area contributed by atoms with Gasteiger partial charge in [0.2, 0.25) is 5.95 Å². The van der Waals surface area contributed by atoms with Crippen molar-refractivity contribution in [3.8, 4) is 0 Å². The first-order chi connectivity index (χ1) is 9.31. The largest absolute Gasteiger partial charge is 0.392 e. The molecule has 0 aromatic carbocycles. The Hall–Kier alpha value is -1.24. The molecule has 104 valence electrons. The van der Waals surface area contributed by atoms with Gasteiger partial charge in [-0.15, -0.1) is 0 Å². The Bertz CT molecular complexity index is 393. The van der Waals surface area contributed by atoms with Gasteiger partial charge in [-0.25, -0.2) is 9.97 Å². The van der Waals surface area contributed by atoms with Crippen LogP contribution >= 0.6 is 0 Å². The zero-order valence-corrected chi connectivity index (χ0v) is 11.1. The van der Waals surface area contributed by atoms with Crippen molar-refractivity contribution in [2.24, 2.45) is 0 Å². The van der Waals surface area contributed by atoms with Gasteiger partial charge in [0.15, 0.2) is 0 Å². The molecule has 0 saturated carbocycles. The van der Waals surface area contributed by atoms with E-state index < -0.39 is 0 Å². The van der Waals surface area contributed by atoms with E-state index in [0.29, 0.717) is 6.04 Å². The summed E-state index contributed by atoms with van der Waals surface area (Å²) in [5.74, 6) is 0.830. The lowest BCUT2D eigenvalue weighted by Gasteiger charge is -2.35. The summed E-state index contributed by atoms with van der Waals surface area (Å²) in [6, 6.07) is 2.28. The molecule has 0 bridgehead atoms. The molecule has 6 heteroatoms. The number of piperazine rings is 1. The molecule has 3 heterocycles. The third kappa shape index (κ3) is 3.20. The smallest absolute Gasteiger partial charge is 0.225 e. The van der Waals surface area contributed by atoms with Crippen molar-refractivity contribution >= 4 is 5.95 Å². The van der Waals surface area contributed by atoms with E-state index in [1.54, 1.807) is 12.4 Å². The molecular formula is C13H21N5O. The number of hydrogen-bond acceptors (Lipinski definition) is 6. The molecule has 2 N–H and O–H groups in total. The predicted octanol–water partition coefficient (Wildman–Crippen LogP) is -0.679. The Morgan fingerprint density at radius 3 is 2.58 bits per heavy atom. The Morgan fingerprint density at radius 1 is 1.21 bits per heavy atom. The fraction of sp³-hybridized carbons (Fsp3) is 0.692. The molecule has 0 radical (unpaired) electrons. The average Bonchev–Trinajstić information content (AvgIpc) is 2.86. The zero-order valence-electron chi connectivity index (χ0n) is 11.1. The molecular weight excluding hydrogens is 242 g/mol. The van der Waals surface area contributed by atoms with Crippen LogP contribution in [0.1, 0.15) is 6.42 Å². The minimum Gasteiger partial charge on any atom is -0.392 e. The lowest BCUT2D eigenvalue weighted by Crippen LogP contribution is -2.50. The summed E-state index contributed by atoms with van der Waals surface area (Å²) >= 11 is 0. The normalized spacial score (nSPS) is 28.8. The highest BCUT2D eigenvalue weighted by Crippen LogP contribution is 2.12. The molecule has 6 nitrogen and oxygen atoms in total. The van der Waals surface area contributed by atoms with Crippen LogP contribution in [0.3, 0.4) is 0 Å². The summed E-state index contributed by atoms with van der Waals surface area (Å²) in [6.45, 7) is 5.78. The van der Waals surface area contributed by atoms with Crippen LogP contribution in [0.2, 0.25) is 0 Å². The third-order valence-corrected chi connectivity index (χ3v) is 3.88. The van der Waals surface area contributed by atoms with E-state index in [1.807, 2.05) is 6.07 Å². The molecule has 2 atom stereocenters. The van der Waals surface area contributed by atoms with Crippen LogP contribution in [0.4, 0.5) is 5.95 Å². The van der Waals surface area contributed by atoms with Gasteiger partial charge < -0.3 is 15.3 Å². The van der Waals surface area contributed by atoms with Crippen molar-refractivity contribution < 1.29 is 5.11 Å². The summed E-state index contributed by atoms with van der Waals surface area (Å²) in [7, 11) is 0. The number of anilines is 1. The molecule has 2 aliphatic rings. The van der Waals surface area contributed by atoms with Crippen molar-refractivity contribution in [3.05, 3.63) is 18.5 Å². The Labute approximate surface area is 113 Å². The molecule has 1 aromatic rings. The first kappa shape index (κ1) is 12.8. The maximum atomic E-state index is 9.51. The molecule has 0 spiro atoms. The SMILES string of the molecule is OC1CNC(CN2CCN(c3ncccn3)CC2)C1. The van der Waals surface area contributed by atoms with Gasteiger partial charge in [0.05, 0.1) is 6.10 Å². The topological polar surface area (TPSA) is 64.5 Å². The Morgan fingerprint density at radius 2 is 1.95 bits per heavy atom. The van der Waals surface area contributed by atoms with Gasteiger partial charge in [0.25, 0.3) is 0 Å². The average molecular weight is 263 g/mol. The fourth-order valence-corrected chi connectivity index (χ4v) is 2.83. The molecule has 0 amide bonds.